The quantitative estimate of drug-likeness (QED) is 0.785. The van der Waals surface area contributed by atoms with Crippen molar-refractivity contribution in [1.29, 1.82) is 0 Å². The number of hydrazone groups is 1. The number of nitrogens with zero attached hydrogens (tertiary/aromatic N) is 3. The van der Waals surface area contributed by atoms with Gasteiger partial charge in [-0.3, -0.25) is 9.69 Å². The molecule has 0 aromatic heterocycles. The average molecular weight is 243 g/mol. The monoisotopic (exact) mass is 243 g/mol. The van der Waals surface area contributed by atoms with Gasteiger partial charge in [0.25, 0.3) is 5.91 Å². The topological polar surface area (TPSA) is 35.9 Å². The Balaban J connectivity index is 1.68. The number of fused-ring (bicyclic) bond motifs is 1. The molecule has 94 valence electrons. The lowest BCUT2D eigenvalue weighted by Crippen LogP contribution is -2.41. The van der Waals surface area contributed by atoms with E-state index in [-0.39, 0.29) is 11.8 Å². The summed E-state index contributed by atoms with van der Waals surface area (Å²) in [7, 11) is 1.75. The van der Waals surface area contributed by atoms with Crippen LogP contribution >= 0.6 is 0 Å². The second-order valence-corrected chi connectivity index (χ2v) is 4.99. The van der Waals surface area contributed by atoms with Crippen LogP contribution < -0.4 is 0 Å². The molecule has 1 atom stereocenters. The Kier molecular flexibility index (Phi) is 2.88. The molecule has 0 saturated carbocycles. The van der Waals surface area contributed by atoms with Crippen LogP contribution in [-0.4, -0.2) is 41.7 Å². The minimum absolute atomic E-state index is 0.0435. The van der Waals surface area contributed by atoms with Crippen molar-refractivity contribution < 1.29 is 4.79 Å². The Hall–Kier alpha value is -1.68. The van der Waals surface area contributed by atoms with Crippen molar-refractivity contribution in [1.82, 2.24) is 9.91 Å². The van der Waals surface area contributed by atoms with E-state index in [2.05, 4.69) is 34.3 Å². The highest BCUT2D eigenvalue weighted by molar-refractivity contribution is 6.09. The Morgan fingerprint density at radius 2 is 2.11 bits per heavy atom. The maximum Gasteiger partial charge on any atom is 0.251 e. The molecule has 0 aliphatic carbocycles. The van der Waals surface area contributed by atoms with E-state index < -0.39 is 0 Å². The number of amides is 1. The first kappa shape index (κ1) is 11.4. The molecule has 4 nitrogen and oxygen atoms in total. The molecule has 0 bridgehead atoms. The Morgan fingerprint density at radius 1 is 1.33 bits per heavy atom. The van der Waals surface area contributed by atoms with E-state index in [1.165, 1.54) is 10.6 Å². The maximum atomic E-state index is 11.8. The summed E-state index contributed by atoms with van der Waals surface area (Å²) >= 11 is 0. The highest BCUT2D eigenvalue weighted by Gasteiger charge is 2.37. The maximum absolute atomic E-state index is 11.8. The number of piperidine rings is 1. The molecular weight excluding hydrogens is 226 g/mol. The standard InChI is InChI=1S/C14H17N3O/c1-16-14(18)12-7-8-17(10-13(12)15-16)9-11-5-3-2-4-6-11/h2-6,12H,7-10H2,1H3. The highest BCUT2D eigenvalue weighted by Crippen LogP contribution is 2.24. The molecule has 0 radical (unpaired) electrons. The van der Waals surface area contributed by atoms with Crippen molar-refractivity contribution >= 4 is 11.6 Å². The lowest BCUT2D eigenvalue weighted by molar-refractivity contribution is -0.130. The minimum Gasteiger partial charge on any atom is -0.293 e. The van der Waals surface area contributed by atoms with E-state index in [1.807, 2.05) is 6.07 Å². The molecule has 0 N–H and O–H groups in total. The molecule has 4 heteroatoms. The lowest BCUT2D eigenvalue weighted by atomic mass is 9.94. The van der Waals surface area contributed by atoms with Gasteiger partial charge in [0, 0.05) is 26.7 Å². The lowest BCUT2D eigenvalue weighted by Gasteiger charge is -2.29. The first-order chi connectivity index (χ1) is 8.74. The van der Waals surface area contributed by atoms with Gasteiger partial charge in [-0.25, -0.2) is 5.01 Å². The van der Waals surface area contributed by atoms with E-state index in [4.69, 9.17) is 0 Å². The molecule has 1 unspecified atom stereocenters. The van der Waals surface area contributed by atoms with Crippen molar-refractivity contribution in [2.45, 2.75) is 13.0 Å². The summed E-state index contributed by atoms with van der Waals surface area (Å²) in [5.41, 5.74) is 2.35. The van der Waals surface area contributed by atoms with Crippen molar-refractivity contribution in [3.8, 4) is 0 Å². The fraction of sp³-hybridized carbons (Fsp3) is 0.429. The number of hydrogen-bond acceptors (Lipinski definition) is 3. The van der Waals surface area contributed by atoms with E-state index in [0.29, 0.717) is 0 Å². The van der Waals surface area contributed by atoms with Crippen LogP contribution in [0.1, 0.15) is 12.0 Å². The van der Waals surface area contributed by atoms with Gasteiger partial charge in [-0.1, -0.05) is 30.3 Å². The van der Waals surface area contributed by atoms with Crippen molar-refractivity contribution in [3.05, 3.63) is 35.9 Å². The van der Waals surface area contributed by atoms with E-state index in [0.717, 1.165) is 31.8 Å². The van der Waals surface area contributed by atoms with Gasteiger partial charge in [0.1, 0.15) is 0 Å². The molecule has 2 aliphatic heterocycles. The third-order valence-corrected chi connectivity index (χ3v) is 3.67. The zero-order chi connectivity index (χ0) is 12.5. The summed E-state index contributed by atoms with van der Waals surface area (Å²) in [5, 5.41) is 5.83. The molecular formula is C14H17N3O. The number of carbonyl (C=O) groups excluding carboxylic acids is 1. The highest BCUT2D eigenvalue weighted by atomic mass is 16.2. The predicted molar refractivity (Wildman–Crippen MR) is 70.0 cm³/mol. The van der Waals surface area contributed by atoms with Gasteiger partial charge < -0.3 is 0 Å². The van der Waals surface area contributed by atoms with E-state index >= 15 is 0 Å². The van der Waals surface area contributed by atoms with Crippen molar-refractivity contribution in [2.75, 3.05) is 20.1 Å². The number of benzene rings is 1. The first-order valence-corrected chi connectivity index (χ1v) is 6.35. The van der Waals surface area contributed by atoms with Crippen LogP contribution in [-0.2, 0) is 11.3 Å². The molecule has 1 aromatic rings. The third kappa shape index (κ3) is 2.04. The third-order valence-electron chi connectivity index (χ3n) is 3.67. The summed E-state index contributed by atoms with van der Waals surface area (Å²) in [6.07, 6.45) is 0.898. The van der Waals surface area contributed by atoms with Crippen molar-refractivity contribution in [2.24, 2.45) is 11.0 Å². The summed E-state index contributed by atoms with van der Waals surface area (Å²) < 4.78 is 0. The average Bonchev–Trinajstić information content (AvgIpc) is 2.66. The van der Waals surface area contributed by atoms with Gasteiger partial charge >= 0.3 is 0 Å². The molecule has 3 rings (SSSR count). The van der Waals surface area contributed by atoms with E-state index in [1.54, 1.807) is 7.05 Å². The molecule has 0 spiro atoms. The largest absolute Gasteiger partial charge is 0.293 e. The summed E-state index contributed by atoms with van der Waals surface area (Å²) in [6, 6.07) is 10.4. The second kappa shape index (κ2) is 4.53. The van der Waals surface area contributed by atoms with Crippen LogP contribution in [0, 0.1) is 5.92 Å². The molecule has 1 amide bonds. The van der Waals surface area contributed by atoms with Crippen molar-refractivity contribution in [3.63, 3.8) is 0 Å². The van der Waals surface area contributed by atoms with Crippen LogP contribution in [0.25, 0.3) is 0 Å². The fourth-order valence-electron chi connectivity index (χ4n) is 2.71. The van der Waals surface area contributed by atoms with E-state index in [9.17, 15) is 4.79 Å². The minimum atomic E-state index is 0.0435. The molecule has 1 saturated heterocycles. The van der Waals surface area contributed by atoms with Crippen LogP contribution in [0.3, 0.4) is 0 Å². The first-order valence-electron chi connectivity index (χ1n) is 6.35. The van der Waals surface area contributed by atoms with Gasteiger partial charge in [0.2, 0.25) is 0 Å². The molecule has 1 aromatic carbocycles. The normalized spacial score (nSPS) is 24.1. The number of hydrogen-bond donors (Lipinski definition) is 0. The van der Waals surface area contributed by atoms with Gasteiger partial charge in [-0.2, -0.15) is 5.10 Å². The number of likely N-dealkylation sites (tertiary alicyclic amines) is 1. The summed E-state index contributed by atoms with van der Waals surface area (Å²) in [4.78, 5) is 14.2. The molecule has 2 aliphatic rings. The van der Waals surface area contributed by atoms with Crippen LogP contribution in [0.15, 0.2) is 35.4 Å². The molecule has 1 fully saturated rings. The summed E-state index contributed by atoms with van der Waals surface area (Å²) in [5.74, 6) is 0.200. The molecule has 2 heterocycles. The second-order valence-electron chi connectivity index (χ2n) is 4.99. The molecule has 18 heavy (non-hydrogen) atoms. The fourth-order valence-corrected chi connectivity index (χ4v) is 2.71. The van der Waals surface area contributed by atoms with Gasteiger partial charge in [0.05, 0.1) is 11.6 Å². The zero-order valence-corrected chi connectivity index (χ0v) is 10.5. The van der Waals surface area contributed by atoms with Crippen LogP contribution in [0.2, 0.25) is 0 Å². The number of rotatable bonds is 2. The predicted octanol–water partition coefficient (Wildman–Crippen LogP) is 1.34. The van der Waals surface area contributed by atoms with Gasteiger partial charge in [-0.15, -0.1) is 0 Å². The Bertz CT molecular complexity index is 483. The smallest absolute Gasteiger partial charge is 0.251 e. The van der Waals surface area contributed by atoms with Crippen LogP contribution in [0.5, 0.6) is 0 Å². The van der Waals surface area contributed by atoms with Gasteiger partial charge in [0.15, 0.2) is 0 Å². The van der Waals surface area contributed by atoms with Crippen LogP contribution in [0.4, 0.5) is 0 Å². The number of carbonyl (C=O) groups is 1. The zero-order valence-electron chi connectivity index (χ0n) is 10.5. The summed E-state index contributed by atoms with van der Waals surface area (Å²) in [6.45, 7) is 2.72. The Labute approximate surface area is 107 Å². The van der Waals surface area contributed by atoms with Gasteiger partial charge in [-0.05, 0) is 12.0 Å². The SMILES string of the molecule is CN1N=C2CN(Cc3ccccc3)CCC2C1=O. The Morgan fingerprint density at radius 3 is 2.89 bits per heavy atom.